The lowest BCUT2D eigenvalue weighted by Gasteiger charge is -2.24. The van der Waals surface area contributed by atoms with Crippen LogP contribution in [-0.2, 0) is 9.53 Å². The number of amides is 1. The van der Waals surface area contributed by atoms with Crippen LogP contribution >= 0.6 is 0 Å². The molecule has 1 aromatic heterocycles. The summed E-state index contributed by atoms with van der Waals surface area (Å²) in [6.07, 6.45) is 1.42. The lowest BCUT2D eigenvalue weighted by Crippen LogP contribution is -2.37. The van der Waals surface area contributed by atoms with E-state index in [2.05, 4.69) is 9.97 Å². The second-order valence-corrected chi connectivity index (χ2v) is 7.25. The van der Waals surface area contributed by atoms with Crippen molar-refractivity contribution < 1.29 is 23.5 Å². The summed E-state index contributed by atoms with van der Waals surface area (Å²) < 4.78 is 23.7. The highest BCUT2D eigenvalue weighted by Crippen LogP contribution is 2.29. The molecule has 0 radical (unpaired) electrons. The third-order valence-electron chi connectivity index (χ3n) is 5.15. The number of nitrogens with zero attached hydrogens (tertiary/aromatic N) is 3. The van der Waals surface area contributed by atoms with Gasteiger partial charge in [-0.3, -0.25) is 4.79 Å². The van der Waals surface area contributed by atoms with Crippen LogP contribution in [0.5, 0.6) is 11.5 Å². The summed E-state index contributed by atoms with van der Waals surface area (Å²) >= 11 is 0. The van der Waals surface area contributed by atoms with Crippen molar-refractivity contribution in [3.05, 3.63) is 66.1 Å². The summed E-state index contributed by atoms with van der Waals surface area (Å²) in [5.74, 6) is 0.365. The molecular weight excluding hydrogens is 415 g/mol. The van der Waals surface area contributed by atoms with E-state index in [1.165, 1.54) is 37.4 Å². The lowest BCUT2D eigenvalue weighted by molar-refractivity contribution is -0.141. The molecule has 0 bridgehead atoms. The zero-order valence-corrected chi connectivity index (χ0v) is 17.3. The molecule has 164 valence electrons. The molecule has 1 unspecified atom stereocenters. The first-order valence-electron chi connectivity index (χ1n) is 10.0. The van der Waals surface area contributed by atoms with E-state index in [1.54, 1.807) is 29.2 Å². The maximum Gasteiger partial charge on any atom is 0.328 e. The Morgan fingerprint density at radius 1 is 1.06 bits per heavy atom. The Bertz CT molecular complexity index is 1140. The molecule has 0 spiro atoms. The van der Waals surface area contributed by atoms with Crippen molar-refractivity contribution in [2.75, 3.05) is 18.6 Å². The molecule has 0 aliphatic carbocycles. The van der Waals surface area contributed by atoms with Crippen LogP contribution in [-0.4, -0.2) is 41.5 Å². The van der Waals surface area contributed by atoms with Gasteiger partial charge in [-0.05, 0) is 61.4 Å². The monoisotopic (exact) mass is 436 g/mol. The predicted molar refractivity (Wildman–Crippen MR) is 115 cm³/mol. The number of carbonyl (C=O) groups is 2. The van der Waals surface area contributed by atoms with E-state index in [0.717, 1.165) is 6.42 Å². The number of aromatic nitrogens is 2. The first-order valence-corrected chi connectivity index (χ1v) is 10.0. The number of benzene rings is 2. The third kappa shape index (κ3) is 4.51. The largest absolute Gasteiger partial charge is 0.467 e. The molecule has 1 amide bonds. The quantitative estimate of drug-likeness (QED) is 0.591. The molecule has 2 aromatic carbocycles. The minimum Gasteiger partial charge on any atom is -0.467 e. The van der Waals surface area contributed by atoms with E-state index in [9.17, 15) is 14.0 Å². The maximum atomic E-state index is 13.1. The number of methoxy groups -OCH3 is 1. The molecule has 2 heterocycles. The lowest BCUT2D eigenvalue weighted by atomic mass is 10.2. The molecular formula is C23H21FN4O4. The Morgan fingerprint density at radius 3 is 2.34 bits per heavy atom. The Morgan fingerprint density at radius 2 is 1.72 bits per heavy atom. The molecule has 32 heavy (non-hydrogen) atoms. The number of esters is 1. The molecule has 1 aliphatic rings. The summed E-state index contributed by atoms with van der Waals surface area (Å²) in [7, 11) is 1.34. The second-order valence-electron chi connectivity index (χ2n) is 7.25. The third-order valence-corrected chi connectivity index (χ3v) is 5.15. The number of halogens is 1. The number of ether oxygens (including phenoxy) is 2. The molecule has 3 aromatic rings. The van der Waals surface area contributed by atoms with Crippen molar-refractivity contribution in [2.45, 2.75) is 18.9 Å². The summed E-state index contributed by atoms with van der Waals surface area (Å²) in [6.45, 7) is 0.596. The van der Waals surface area contributed by atoms with Crippen molar-refractivity contribution in [3.63, 3.8) is 0 Å². The van der Waals surface area contributed by atoms with E-state index in [4.69, 9.17) is 15.2 Å². The predicted octanol–water partition coefficient (Wildman–Crippen LogP) is 3.32. The zero-order valence-electron chi connectivity index (χ0n) is 17.3. The number of hydrogen-bond donors (Lipinski definition) is 1. The topological polar surface area (TPSA) is 108 Å². The highest BCUT2D eigenvalue weighted by molar-refractivity contribution is 5.92. The number of nitrogens with two attached hydrogens (primary N) is 1. The van der Waals surface area contributed by atoms with Crippen molar-refractivity contribution in [2.24, 2.45) is 5.73 Å². The zero-order chi connectivity index (χ0) is 22.7. The van der Waals surface area contributed by atoms with Crippen LogP contribution < -0.4 is 15.4 Å². The van der Waals surface area contributed by atoms with Crippen molar-refractivity contribution in [1.29, 1.82) is 0 Å². The average molecular weight is 436 g/mol. The standard InChI is InChI=1S/C23H21FN4O4/c1-31-23(30)19-3-2-12-28(19)20-13-18(21(25)29)26-22(27-20)14-4-8-16(9-5-14)32-17-10-6-15(24)7-11-17/h4-11,13,19H,2-3,12H2,1H3,(H2,25,29). The molecule has 1 saturated heterocycles. The summed E-state index contributed by atoms with van der Waals surface area (Å²) in [4.78, 5) is 34.7. The van der Waals surface area contributed by atoms with E-state index < -0.39 is 11.9 Å². The number of anilines is 1. The van der Waals surface area contributed by atoms with Gasteiger partial charge in [0.05, 0.1) is 7.11 Å². The molecule has 4 rings (SSSR count). The molecule has 1 aliphatic heterocycles. The van der Waals surface area contributed by atoms with Gasteiger partial charge in [0.1, 0.15) is 34.9 Å². The fraction of sp³-hybridized carbons (Fsp3) is 0.217. The molecule has 1 fully saturated rings. The Hall–Kier alpha value is -4.01. The van der Waals surface area contributed by atoms with Crippen LogP contribution in [0.1, 0.15) is 23.3 Å². The fourth-order valence-corrected chi connectivity index (χ4v) is 3.57. The number of carbonyl (C=O) groups excluding carboxylic acids is 2. The van der Waals surface area contributed by atoms with Gasteiger partial charge in [-0.25, -0.2) is 19.2 Å². The number of primary amides is 1. The summed E-state index contributed by atoms with van der Waals surface area (Å²) in [5, 5.41) is 0. The van der Waals surface area contributed by atoms with E-state index in [-0.39, 0.29) is 17.5 Å². The van der Waals surface area contributed by atoms with Gasteiger partial charge in [-0.15, -0.1) is 0 Å². The second kappa shape index (κ2) is 9.01. The van der Waals surface area contributed by atoms with Crippen molar-refractivity contribution in [1.82, 2.24) is 9.97 Å². The van der Waals surface area contributed by atoms with Crippen LogP contribution in [0.25, 0.3) is 11.4 Å². The van der Waals surface area contributed by atoms with Crippen LogP contribution in [0.15, 0.2) is 54.6 Å². The minimum atomic E-state index is -0.694. The average Bonchev–Trinajstić information content (AvgIpc) is 3.30. The van der Waals surface area contributed by atoms with Crippen LogP contribution in [0.2, 0.25) is 0 Å². The number of rotatable bonds is 6. The van der Waals surface area contributed by atoms with E-state index in [0.29, 0.717) is 41.7 Å². The van der Waals surface area contributed by atoms with Crippen LogP contribution in [0.4, 0.5) is 10.2 Å². The highest BCUT2D eigenvalue weighted by atomic mass is 19.1. The van der Waals surface area contributed by atoms with Gasteiger partial charge in [-0.2, -0.15) is 0 Å². The van der Waals surface area contributed by atoms with Crippen LogP contribution in [0, 0.1) is 5.82 Å². The summed E-state index contributed by atoms with van der Waals surface area (Å²) in [5.41, 5.74) is 6.17. The van der Waals surface area contributed by atoms with E-state index in [1.807, 2.05) is 0 Å². The molecule has 1 atom stereocenters. The van der Waals surface area contributed by atoms with Gasteiger partial charge in [0, 0.05) is 18.2 Å². The maximum absolute atomic E-state index is 13.1. The first-order chi connectivity index (χ1) is 15.4. The molecule has 0 saturated carbocycles. The molecule has 2 N–H and O–H groups in total. The van der Waals surface area contributed by atoms with Gasteiger partial charge in [0.2, 0.25) is 0 Å². The van der Waals surface area contributed by atoms with Gasteiger partial charge in [0.15, 0.2) is 5.82 Å². The summed E-state index contributed by atoms with van der Waals surface area (Å²) in [6, 6.07) is 13.6. The Kier molecular flexibility index (Phi) is 5.98. The Balaban J connectivity index is 1.63. The first kappa shape index (κ1) is 21.2. The minimum absolute atomic E-state index is 0.0483. The van der Waals surface area contributed by atoms with Gasteiger partial charge >= 0.3 is 5.97 Å². The van der Waals surface area contributed by atoms with Gasteiger partial charge in [0.25, 0.3) is 5.91 Å². The van der Waals surface area contributed by atoms with Crippen molar-refractivity contribution >= 4 is 17.7 Å². The van der Waals surface area contributed by atoms with Gasteiger partial charge < -0.3 is 20.1 Å². The fourth-order valence-electron chi connectivity index (χ4n) is 3.57. The SMILES string of the molecule is COC(=O)C1CCCN1c1cc(C(N)=O)nc(-c2ccc(Oc3ccc(F)cc3)cc2)n1. The van der Waals surface area contributed by atoms with E-state index >= 15 is 0 Å². The molecule has 9 heteroatoms. The van der Waals surface area contributed by atoms with Crippen LogP contribution in [0.3, 0.4) is 0 Å². The Labute approximate surface area is 183 Å². The normalized spacial score (nSPS) is 15.4. The number of hydrogen-bond acceptors (Lipinski definition) is 7. The smallest absolute Gasteiger partial charge is 0.328 e. The highest BCUT2D eigenvalue weighted by Gasteiger charge is 2.33. The van der Waals surface area contributed by atoms with Crippen molar-refractivity contribution in [3.8, 4) is 22.9 Å². The van der Waals surface area contributed by atoms with Gasteiger partial charge in [-0.1, -0.05) is 0 Å². The molecule has 8 nitrogen and oxygen atoms in total.